The summed E-state index contributed by atoms with van der Waals surface area (Å²) >= 11 is 1.56. The summed E-state index contributed by atoms with van der Waals surface area (Å²) in [5, 5.41) is 17.6. The molecule has 0 spiro atoms. The van der Waals surface area contributed by atoms with E-state index in [2.05, 4.69) is 10.6 Å². The van der Waals surface area contributed by atoms with Gasteiger partial charge in [0.1, 0.15) is 12.4 Å². The lowest BCUT2D eigenvalue weighted by Crippen LogP contribution is -2.41. The molecular weight excluding hydrogens is 384 g/mol. The lowest BCUT2D eigenvalue weighted by molar-refractivity contribution is 0.121. The van der Waals surface area contributed by atoms with Gasteiger partial charge in [0.05, 0.1) is 12.6 Å². The monoisotopic (exact) mass is 410 g/mol. The van der Waals surface area contributed by atoms with Crippen molar-refractivity contribution in [2.24, 2.45) is 5.41 Å². The zero-order valence-corrected chi connectivity index (χ0v) is 17.4. The molecule has 5 nitrogen and oxygen atoms in total. The summed E-state index contributed by atoms with van der Waals surface area (Å²) in [4.78, 5) is 13.6. The lowest BCUT2D eigenvalue weighted by Gasteiger charge is -2.32. The molecule has 6 heteroatoms. The van der Waals surface area contributed by atoms with Crippen LogP contribution in [-0.2, 0) is 6.61 Å². The third kappa shape index (κ3) is 5.82. The fourth-order valence-corrected chi connectivity index (χ4v) is 3.85. The summed E-state index contributed by atoms with van der Waals surface area (Å²) < 4.78 is 5.73. The molecule has 2 aromatic carbocycles. The highest BCUT2D eigenvalue weighted by Gasteiger charge is 2.32. The van der Waals surface area contributed by atoms with Gasteiger partial charge < -0.3 is 20.5 Å². The number of carbonyl (C=O) groups excluding carboxylic acids is 1. The molecule has 152 valence electrons. The molecule has 0 fully saturated rings. The Morgan fingerprint density at radius 2 is 1.79 bits per heavy atom. The number of nitrogens with one attached hydrogen (secondary N) is 2. The second-order valence-corrected chi connectivity index (χ2v) is 8.47. The molecule has 3 rings (SSSR count). The predicted octanol–water partition coefficient (Wildman–Crippen LogP) is 5.21. The van der Waals surface area contributed by atoms with Crippen molar-refractivity contribution in [1.82, 2.24) is 5.32 Å². The molecule has 0 saturated heterocycles. The van der Waals surface area contributed by atoms with Gasteiger partial charge >= 0.3 is 6.03 Å². The van der Waals surface area contributed by atoms with E-state index >= 15 is 0 Å². The molecule has 2 amide bonds. The standard InChI is InChI=1S/C23H26N2O3S/c1-23(2,16-26)21(20-9-6-14-29-20)25-22(27)24-18-12-10-17(11-13-18)15-28-19-7-4-3-5-8-19/h3-14,21,26H,15-16H2,1-2H3,(H2,24,25,27)/t21-/m0/s1. The first-order valence-electron chi connectivity index (χ1n) is 9.46. The largest absolute Gasteiger partial charge is 0.489 e. The minimum absolute atomic E-state index is 0.0358. The fourth-order valence-electron chi connectivity index (χ4n) is 2.86. The highest BCUT2D eigenvalue weighted by molar-refractivity contribution is 7.10. The molecule has 1 aromatic heterocycles. The van der Waals surface area contributed by atoms with Crippen LogP contribution < -0.4 is 15.4 Å². The molecule has 0 radical (unpaired) electrons. The number of amides is 2. The summed E-state index contributed by atoms with van der Waals surface area (Å²) in [6.45, 7) is 4.28. The summed E-state index contributed by atoms with van der Waals surface area (Å²) in [5.74, 6) is 0.820. The smallest absolute Gasteiger partial charge is 0.319 e. The van der Waals surface area contributed by atoms with Gasteiger partial charge in [0.15, 0.2) is 0 Å². The van der Waals surface area contributed by atoms with Gasteiger partial charge in [0, 0.05) is 16.0 Å². The normalized spacial score (nSPS) is 12.2. The quantitative estimate of drug-likeness (QED) is 0.477. The van der Waals surface area contributed by atoms with Crippen LogP contribution in [0.5, 0.6) is 5.75 Å². The third-order valence-electron chi connectivity index (χ3n) is 4.65. The Morgan fingerprint density at radius 3 is 2.41 bits per heavy atom. The molecule has 1 heterocycles. The number of aliphatic hydroxyl groups is 1. The Hall–Kier alpha value is -2.83. The second kappa shape index (κ2) is 9.58. The summed E-state index contributed by atoms with van der Waals surface area (Å²) in [5.41, 5.74) is 1.22. The number of ether oxygens (including phenoxy) is 1. The van der Waals surface area contributed by atoms with Gasteiger partial charge in [0.2, 0.25) is 0 Å². The zero-order chi connectivity index (χ0) is 20.7. The number of hydrogen-bond acceptors (Lipinski definition) is 4. The molecule has 0 aliphatic heterocycles. The van der Waals surface area contributed by atoms with E-state index in [1.807, 2.05) is 86.0 Å². The van der Waals surface area contributed by atoms with Crippen molar-refractivity contribution in [3.05, 3.63) is 82.6 Å². The van der Waals surface area contributed by atoms with Crippen LogP contribution in [0.15, 0.2) is 72.1 Å². The Kier molecular flexibility index (Phi) is 6.90. The Morgan fingerprint density at radius 1 is 1.07 bits per heavy atom. The summed E-state index contributed by atoms with van der Waals surface area (Å²) in [7, 11) is 0. The minimum atomic E-state index is -0.485. The maximum Gasteiger partial charge on any atom is 0.319 e. The number of urea groups is 1. The van der Waals surface area contributed by atoms with Crippen LogP contribution in [0.4, 0.5) is 10.5 Å². The van der Waals surface area contributed by atoms with E-state index in [0.29, 0.717) is 12.3 Å². The van der Waals surface area contributed by atoms with Gasteiger partial charge in [-0.3, -0.25) is 0 Å². The van der Waals surface area contributed by atoms with E-state index in [1.165, 1.54) is 0 Å². The fraction of sp³-hybridized carbons (Fsp3) is 0.261. The van der Waals surface area contributed by atoms with Crippen molar-refractivity contribution in [3.63, 3.8) is 0 Å². The maximum atomic E-state index is 12.6. The molecule has 3 aromatic rings. The molecule has 3 N–H and O–H groups in total. The van der Waals surface area contributed by atoms with Crippen LogP contribution >= 0.6 is 11.3 Å². The first kappa shape index (κ1) is 20.9. The second-order valence-electron chi connectivity index (χ2n) is 7.49. The SMILES string of the molecule is CC(C)(CO)[C@@H](NC(=O)Nc1ccc(COc2ccccc2)cc1)c1cccs1. The first-order valence-corrected chi connectivity index (χ1v) is 10.3. The van der Waals surface area contributed by atoms with Crippen LogP contribution in [0.2, 0.25) is 0 Å². The van der Waals surface area contributed by atoms with Crippen LogP contribution in [0, 0.1) is 5.41 Å². The number of aliphatic hydroxyl groups excluding tert-OH is 1. The number of hydrogen-bond donors (Lipinski definition) is 3. The molecule has 0 bridgehead atoms. The van der Waals surface area contributed by atoms with Crippen molar-refractivity contribution < 1.29 is 14.6 Å². The van der Waals surface area contributed by atoms with Crippen molar-refractivity contribution in [2.45, 2.75) is 26.5 Å². The Balaban J connectivity index is 1.58. The molecule has 0 aliphatic carbocycles. The van der Waals surface area contributed by atoms with Gasteiger partial charge in [0.25, 0.3) is 0 Å². The van der Waals surface area contributed by atoms with Crippen LogP contribution in [-0.4, -0.2) is 17.7 Å². The molecule has 0 saturated carbocycles. The molecule has 0 aliphatic rings. The van der Waals surface area contributed by atoms with Gasteiger partial charge in [-0.1, -0.05) is 50.2 Å². The topological polar surface area (TPSA) is 70.6 Å². The Labute approximate surface area is 175 Å². The number of rotatable bonds is 8. The van der Waals surface area contributed by atoms with Crippen LogP contribution in [0.25, 0.3) is 0 Å². The predicted molar refractivity (Wildman–Crippen MR) is 117 cm³/mol. The molecule has 29 heavy (non-hydrogen) atoms. The van der Waals surface area contributed by atoms with Gasteiger partial charge in [-0.25, -0.2) is 4.79 Å². The van der Waals surface area contributed by atoms with E-state index < -0.39 is 5.41 Å². The Bertz CT molecular complexity index is 894. The van der Waals surface area contributed by atoms with E-state index in [1.54, 1.807) is 11.3 Å². The van der Waals surface area contributed by atoms with Gasteiger partial charge in [-0.2, -0.15) is 0 Å². The van der Waals surface area contributed by atoms with Crippen molar-refractivity contribution >= 4 is 23.1 Å². The number of thiophene rings is 1. The van der Waals surface area contributed by atoms with Crippen molar-refractivity contribution in [2.75, 3.05) is 11.9 Å². The average molecular weight is 411 g/mol. The van der Waals surface area contributed by atoms with Crippen LogP contribution in [0.1, 0.15) is 30.3 Å². The van der Waals surface area contributed by atoms with E-state index in [4.69, 9.17) is 4.74 Å². The van der Waals surface area contributed by atoms with E-state index in [-0.39, 0.29) is 18.7 Å². The van der Waals surface area contributed by atoms with Crippen molar-refractivity contribution in [3.8, 4) is 5.75 Å². The molecule has 1 atom stereocenters. The average Bonchev–Trinajstić information content (AvgIpc) is 3.26. The lowest BCUT2D eigenvalue weighted by atomic mass is 9.84. The number of benzene rings is 2. The third-order valence-corrected chi connectivity index (χ3v) is 5.59. The van der Waals surface area contributed by atoms with Gasteiger partial charge in [-0.05, 0) is 41.3 Å². The highest BCUT2D eigenvalue weighted by atomic mass is 32.1. The van der Waals surface area contributed by atoms with Crippen LogP contribution in [0.3, 0.4) is 0 Å². The first-order chi connectivity index (χ1) is 14.0. The molecule has 0 unspecified atom stereocenters. The summed E-state index contributed by atoms with van der Waals surface area (Å²) in [6, 6.07) is 20.5. The highest BCUT2D eigenvalue weighted by Crippen LogP contribution is 2.35. The number of carbonyl (C=O) groups is 1. The maximum absolute atomic E-state index is 12.6. The zero-order valence-electron chi connectivity index (χ0n) is 16.6. The number of para-hydroxylation sites is 1. The summed E-state index contributed by atoms with van der Waals surface area (Å²) in [6.07, 6.45) is 0. The van der Waals surface area contributed by atoms with E-state index in [9.17, 15) is 9.90 Å². The molecular formula is C23H26N2O3S. The van der Waals surface area contributed by atoms with Crippen molar-refractivity contribution in [1.29, 1.82) is 0 Å². The number of anilines is 1. The van der Waals surface area contributed by atoms with E-state index in [0.717, 1.165) is 16.2 Å². The van der Waals surface area contributed by atoms with Gasteiger partial charge in [-0.15, -0.1) is 11.3 Å². The minimum Gasteiger partial charge on any atom is -0.489 e.